The van der Waals surface area contributed by atoms with Crippen LogP contribution in [0, 0.1) is 5.92 Å². The molecule has 0 saturated carbocycles. The molecule has 39 heavy (non-hydrogen) atoms. The van der Waals surface area contributed by atoms with Gasteiger partial charge in [0.2, 0.25) is 0 Å². The molecule has 3 aromatic rings. The van der Waals surface area contributed by atoms with Gasteiger partial charge in [-0.3, -0.25) is 0 Å². The minimum Gasteiger partial charge on any atom is -0.371 e. The van der Waals surface area contributed by atoms with Gasteiger partial charge in [0.25, 0.3) is 0 Å². The summed E-state index contributed by atoms with van der Waals surface area (Å²) in [7, 11) is 0. The number of hydrogen-bond acceptors (Lipinski definition) is 5. The van der Waals surface area contributed by atoms with E-state index >= 15 is 0 Å². The van der Waals surface area contributed by atoms with E-state index in [2.05, 4.69) is 113 Å². The molecule has 0 bridgehead atoms. The van der Waals surface area contributed by atoms with Gasteiger partial charge in [0.05, 0.1) is 17.1 Å². The fourth-order valence-electron chi connectivity index (χ4n) is 6.20. The molecule has 3 aliphatic heterocycles. The summed E-state index contributed by atoms with van der Waals surface area (Å²) in [6, 6.07) is 22.1. The number of para-hydroxylation sites is 2. The van der Waals surface area contributed by atoms with Crippen molar-refractivity contribution in [1.82, 2.24) is 0 Å². The third-order valence-electron chi connectivity index (χ3n) is 8.24. The third kappa shape index (κ3) is 4.68. The predicted molar refractivity (Wildman–Crippen MR) is 170 cm³/mol. The van der Waals surface area contributed by atoms with Crippen LogP contribution in [0.2, 0.25) is 0 Å². The Hall–Kier alpha value is -3.09. The Kier molecular flexibility index (Phi) is 6.69. The monoisotopic (exact) mass is 551 g/mol. The highest BCUT2D eigenvalue weighted by Gasteiger charge is 2.28. The van der Waals surface area contributed by atoms with Crippen molar-refractivity contribution in [2.75, 3.05) is 40.9 Å². The van der Waals surface area contributed by atoms with Gasteiger partial charge in [0.15, 0.2) is 4.90 Å². The quantitative estimate of drug-likeness (QED) is 0.310. The van der Waals surface area contributed by atoms with Gasteiger partial charge in [-0.25, -0.2) is 4.99 Å². The fraction of sp³-hybridized carbons (Fsp3) is 0.303. The number of hydrogen-bond donors (Lipinski definition) is 0. The van der Waals surface area contributed by atoms with E-state index in [4.69, 9.17) is 4.99 Å². The second kappa shape index (κ2) is 10.5. The maximum Gasteiger partial charge on any atom is 0.180 e. The summed E-state index contributed by atoms with van der Waals surface area (Å²) in [6.45, 7) is 6.77. The zero-order chi connectivity index (χ0) is 26.3. The van der Waals surface area contributed by atoms with Crippen molar-refractivity contribution >= 4 is 58.5 Å². The number of nitrogens with zero attached hydrogens (tertiary/aromatic N) is 4. The zero-order valence-electron chi connectivity index (χ0n) is 22.4. The Morgan fingerprint density at radius 3 is 2.03 bits per heavy atom. The SMILES string of the molecule is CC1C=C(N2c3ccccc3Sc3ccccc32)C=CC1=Nc1c([SH2+])cc(N2CCCC2)cc1N1CCCC1. The van der Waals surface area contributed by atoms with E-state index in [1.807, 2.05) is 11.8 Å². The molecule has 198 valence electrons. The molecule has 0 spiro atoms. The van der Waals surface area contributed by atoms with E-state index in [0.29, 0.717) is 0 Å². The fourth-order valence-corrected chi connectivity index (χ4v) is 7.59. The van der Waals surface area contributed by atoms with Crippen molar-refractivity contribution < 1.29 is 0 Å². The Balaban J connectivity index is 1.25. The van der Waals surface area contributed by atoms with Crippen LogP contribution < -0.4 is 14.7 Å². The minimum atomic E-state index is 0.189. The molecule has 0 N–H and O–H groups in total. The van der Waals surface area contributed by atoms with Gasteiger partial charge in [0.1, 0.15) is 5.69 Å². The van der Waals surface area contributed by atoms with Crippen LogP contribution >= 0.6 is 11.8 Å². The molecule has 4 nitrogen and oxygen atoms in total. The van der Waals surface area contributed by atoms with E-state index in [-0.39, 0.29) is 5.92 Å². The molecule has 0 amide bonds. The maximum absolute atomic E-state index is 5.33. The lowest BCUT2D eigenvalue weighted by Gasteiger charge is -2.35. The van der Waals surface area contributed by atoms with Gasteiger partial charge in [-0.15, -0.1) is 0 Å². The molecule has 3 heterocycles. The van der Waals surface area contributed by atoms with Crippen molar-refractivity contribution in [1.29, 1.82) is 0 Å². The van der Waals surface area contributed by atoms with Crippen LogP contribution in [0.4, 0.5) is 28.4 Å². The van der Waals surface area contributed by atoms with Crippen molar-refractivity contribution in [2.45, 2.75) is 47.3 Å². The maximum atomic E-state index is 5.33. The predicted octanol–water partition coefficient (Wildman–Crippen LogP) is 7.72. The van der Waals surface area contributed by atoms with Gasteiger partial charge in [-0.1, -0.05) is 49.0 Å². The lowest BCUT2D eigenvalue weighted by molar-refractivity contribution is 0.938. The lowest BCUT2D eigenvalue weighted by Crippen LogP contribution is -2.23. The summed E-state index contributed by atoms with van der Waals surface area (Å²) >= 11 is 5.85. The first-order valence-corrected chi connectivity index (χ1v) is 15.5. The molecule has 1 aliphatic carbocycles. The first kappa shape index (κ1) is 24.9. The largest absolute Gasteiger partial charge is 0.371 e. The van der Waals surface area contributed by atoms with E-state index in [1.165, 1.54) is 63.9 Å². The van der Waals surface area contributed by atoms with E-state index in [9.17, 15) is 0 Å². The topological polar surface area (TPSA) is 22.1 Å². The summed E-state index contributed by atoms with van der Waals surface area (Å²) in [5, 5.41) is 0. The summed E-state index contributed by atoms with van der Waals surface area (Å²) in [4.78, 5) is 16.4. The van der Waals surface area contributed by atoms with Gasteiger partial charge in [-0.2, -0.15) is 0 Å². The molecule has 2 saturated heterocycles. The van der Waals surface area contributed by atoms with Crippen LogP contribution in [0.5, 0.6) is 0 Å². The molecule has 7 rings (SSSR count). The zero-order valence-corrected chi connectivity index (χ0v) is 24.3. The average molecular weight is 552 g/mol. The molecule has 0 radical (unpaired) electrons. The van der Waals surface area contributed by atoms with E-state index < -0.39 is 0 Å². The smallest absolute Gasteiger partial charge is 0.180 e. The van der Waals surface area contributed by atoms with Crippen LogP contribution in [0.25, 0.3) is 0 Å². The highest BCUT2D eigenvalue weighted by molar-refractivity contribution is 7.99. The van der Waals surface area contributed by atoms with Gasteiger partial charge >= 0.3 is 0 Å². The van der Waals surface area contributed by atoms with Crippen LogP contribution in [0.1, 0.15) is 32.6 Å². The minimum absolute atomic E-state index is 0.189. The summed E-state index contributed by atoms with van der Waals surface area (Å²) in [5.41, 5.74) is 8.41. The normalized spacial score (nSPS) is 21.4. The summed E-state index contributed by atoms with van der Waals surface area (Å²) < 4.78 is 0. The first-order chi connectivity index (χ1) is 19.2. The number of anilines is 4. The highest BCUT2D eigenvalue weighted by atomic mass is 32.2. The number of benzene rings is 3. The third-order valence-corrected chi connectivity index (χ3v) is 9.75. The molecule has 3 aromatic carbocycles. The molecule has 1 atom stereocenters. The molecule has 0 aromatic heterocycles. The number of allylic oxidation sites excluding steroid dienone is 3. The Bertz CT molecular complexity index is 1450. The Morgan fingerprint density at radius 1 is 0.769 bits per heavy atom. The molecule has 6 heteroatoms. The second-order valence-corrected chi connectivity index (χ2v) is 12.5. The number of rotatable bonds is 4. The van der Waals surface area contributed by atoms with Crippen LogP contribution in [-0.2, 0) is 12.6 Å². The molecular weight excluding hydrogens is 517 g/mol. The number of fused-ring (bicyclic) bond motifs is 2. The van der Waals surface area contributed by atoms with E-state index in [0.717, 1.165) is 42.5 Å². The van der Waals surface area contributed by atoms with Crippen LogP contribution in [0.3, 0.4) is 0 Å². The molecule has 2 fully saturated rings. The van der Waals surface area contributed by atoms with Gasteiger partial charge < -0.3 is 14.7 Å². The Morgan fingerprint density at radius 2 is 1.38 bits per heavy atom. The van der Waals surface area contributed by atoms with Crippen molar-refractivity contribution in [2.24, 2.45) is 10.9 Å². The van der Waals surface area contributed by atoms with Gasteiger partial charge in [-0.05, 0) is 80.8 Å². The highest BCUT2D eigenvalue weighted by Crippen LogP contribution is 2.50. The van der Waals surface area contributed by atoms with Gasteiger partial charge in [0, 0.05) is 65.1 Å². The summed E-state index contributed by atoms with van der Waals surface area (Å²) in [5.74, 6) is 0.189. The first-order valence-electron chi connectivity index (χ1n) is 14.2. The lowest BCUT2D eigenvalue weighted by atomic mass is 9.97. The molecule has 1 unspecified atom stereocenters. The molecule has 4 aliphatic rings. The Labute approximate surface area is 241 Å². The van der Waals surface area contributed by atoms with E-state index in [1.54, 1.807) is 0 Å². The summed E-state index contributed by atoms with van der Waals surface area (Å²) in [6.07, 6.45) is 11.9. The van der Waals surface area contributed by atoms with Crippen molar-refractivity contribution in [3.05, 3.63) is 84.6 Å². The van der Waals surface area contributed by atoms with Crippen molar-refractivity contribution in [3.63, 3.8) is 0 Å². The molecular formula is C33H35N4S2+. The number of aliphatic imine (C=N–C) groups is 1. The van der Waals surface area contributed by atoms with Crippen LogP contribution in [-0.4, -0.2) is 31.9 Å². The second-order valence-electron chi connectivity index (χ2n) is 10.9. The standard InChI is InChI=1S/C33H34N4S2/c1-23-20-24(37-27-10-2-4-12-31(27)39-32-13-5-3-11-28(32)37)14-15-26(23)34-33-29(36-18-8-9-19-36)21-25(22-30(33)38)35-16-6-7-17-35/h2-5,10-15,20-23,38H,6-9,16-19H2,1H3/p+1. The van der Waals surface area contributed by atoms with Crippen molar-refractivity contribution in [3.8, 4) is 0 Å². The average Bonchev–Trinajstić information content (AvgIpc) is 3.69. The van der Waals surface area contributed by atoms with Crippen LogP contribution in [0.15, 0.2) is 104 Å².